The molecule has 0 heterocycles. The molecular formula is C20H20ClNO5. The quantitative estimate of drug-likeness (QED) is 0.428. The summed E-state index contributed by atoms with van der Waals surface area (Å²) in [5.74, 6) is -2.55. The van der Waals surface area contributed by atoms with Crippen LogP contribution >= 0.6 is 11.6 Å². The largest absolute Gasteiger partial charge is 0.507 e. The zero-order valence-electron chi connectivity index (χ0n) is 14.9. The third-order valence-electron chi connectivity index (χ3n) is 3.87. The van der Waals surface area contributed by atoms with Crippen molar-refractivity contribution < 1.29 is 24.5 Å². The average molecular weight is 390 g/mol. The van der Waals surface area contributed by atoms with Crippen LogP contribution in [0.5, 0.6) is 5.75 Å². The van der Waals surface area contributed by atoms with E-state index in [0.29, 0.717) is 17.0 Å². The Kier molecular flexibility index (Phi) is 6.96. The lowest BCUT2D eigenvalue weighted by molar-refractivity contribution is -0.156. The van der Waals surface area contributed by atoms with Crippen molar-refractivity contribution in [2.45, 2.75) is 32.4 Å². The summed E-state index contributed by atoms with van der Waals surface area (Å²) in [5, 5.41) is 20.1. The third-order valence-corrected chi connectivity index (χ3v) is 4.10. The molecule has 6 nitrogen and oxygen atoms in total. The van der Waals surface area contributed by atoms with Gasteiger partial charge in [-0.3, -0.25) is 4.99 Å². The summed E-state index contributed by atoms with van der Waals surface area (Å²) in [5.41, 5.74) is 0.873. The topological polar surface area (TPSA) is 96.2 Å². The van der Waals surface area contributed by atoms with Crippen molar-refractivity contribution in [1.29, 1.82) is 0 Å². The number of carboxylic acids is 1. The molecule has 0 radical (unpaired) electrons. The number of esters is 1. The van der Waals surface area contributed by atoms with E-state index in [4.69, 9.17) is 16.3 Å². The first-order chi connectivity index (χ1) is 12.8. The van der Waals surface area contributed by atoms with Gasteiger partial charge in [-0.1, -0.05) is 48.9 Å². The number of halogens is 1. The fourth-order valence-corrected chi connectivity index (χ4v) is 2.45. The number of aliphatic imine (C=N–C) groups is 1. The Morgan fingerprint density at radius 3 is 2.44 bits per heavy atom. The van der Waals surface area contributed by atoms with Gasteiger partial charge in [0.15, 0.2) is 0 Å². The Balaban J connectivity index is 2.58. The van der Waals surface area contributed by atoms with E-state index >= 15 is 0 Å². The van der Waals surface area contributed by atoms with Gasteiger partial charge in [0.1, 0.15) is 5.75 Å². The molecule has 0 aliphatic carbocycles. The molecule has 2 aromatic rings. The van der Waals surface area contributed by atoms with Crippen LogP contribution in [-0.2, 0) is 14.3 Å². The maximum absolute atomic E-state index is 12.3. The van der Waals surface area contributed by atoms with E-state index < -0.39 is 24.1 Å². The fraction of sp³-hybridized carbons (Fsp3) is 0.250. The Labute approximate surface area is 162 Å². The van der Waals surface area contributed by atoms with Gasteiger partial charge in [0, 0.05) is 16.1 Å². The number of carbonyl (C=O) groups is 2. The highest BCUT2D eigenvalue weighted by Crippen LogP contribution is 2.25. The Hall–Kier alpha value is -2.86. The van der Waals surface area contributed by atoms with Crippen LogP contribution in [0.4, 0.5) is 0 Å². The van der Waals surface area contributed by atoms with Crippen LogP contribution in [0.15, 0.2) is 53.5 Å². The first-order valence-electron chi connectivity index (χ1n) is 8.38. The number of aliphatic carboxylic acids is 1. The van der Waals surface area contributed by atoms with Crippen LogP contribution < -0.4 is 0 Å². The number of carbonyl (C=O) groups excluding carboxylic acids is 1. The molecule has 2 rings (SSSR count). The second kappa shape index (κ2) is 9.19. The van der Waals surface area contributed by atoms with E-state index in [2.05, 4.69) is 4.99 Å². The van der Waals surface area contributed by atoms with Crippen molar-refractivity contribution >= 4 is 29.3 Å². The number of benzene rings is 2. The number of phenolic OH excluding ortho intramolecular Hbond substituents is 1. The van der Waals surface area contributed by atoms with Gasteiger partial charge < -0.3 is 14.9 Å². The summed E-state index contributed by atoms with van der Waals surface area (Å²) in [6.07, 6.45) is 0.108. The van der Waals surface area contributed by atoms with Crippen LogP contribution in [0, 0.1) is 0 Å². The molecule has 0 fully saturated rings. The van der Waals surface area contributed by atoms with Gasteiger partial charge in [-0.05, 0) is 31.5 Å². The van der Waals surface area contributed by atoms with Crippen molar-refractivity contribution in [3.8, 4) is 5.75 Å². The predicted molar refractivity (Wildman–Crippen MR) is 102 cm³/mol. The first kappa shape index (κ1) is 20.5. The Bertz CT molecular complexity index is 851. The zero-order valence-corrected chi connectivity index (χ0v) is 15.7. The van der Waals surface area contributed by atoms with Gasteiger partial charge in [0.25, 0.3) is 0 Å². The van der Waals surface area contributed by atoms with Crippen LogP contribution in [0.1, 0.15) is 31.4 Å². The van der Waals surface area contributed by atoms with Gasteiger partial charge >= 0.3 is 11.9 Å². The third kappa shape index (κ3) is 5.31. The summed E-state index contributed by atoms with van der Waals surface area (Å²) < 4.78 is 5.13. The number of hydrogen-bond donors (Lipinski definition) is 2. The number of hydrogen-bond acceptors (Lipinski definition) is 5. The minimum absolute atomic E-state index is 0.129. The molecule has 2 unspecified atom stereocenters. The molecule has 7 heteroatoms. The Morgan fingerprint density at radius 2 is 1.85 bits per heavy atom. The molecule has 0 spiro atoms. The minimum atomic E-state index is -1.77. The Morgan fingerprint density at radius 1 is 1.19 bits per heavy atom. The number of rotatable bonds is 7. The lowest BCUT2D eigenvalue weighted by Gasteiger charge is -2.16. The van der Waals surface area contributed by atoms with Crippen LogP contribution in [0.25, 0.3) is 0 Å². The number of carboxylic acid groups (broad SMARTS) is 1. The summed E-state index contributed by atoms with van der Waals surface area (Å²) in [4.78, 5) is 28.1. The number of phenols is 1. The lowest BCUT2D eigenvalue weighted by Crippen LogP contribution is -2.33. The first-order valence-corrected chi connectivity index (χ1v) is 8.76. The minimum Gasteiger partial charge on any atom is -0.507 e. The molecule has 27 heavy (non-hydrogen) atoms. The normalized spacial score (nSPS) is 13.7. The number of ether oxygens (including phenoxy) is 1. The highest BCUT2D eigenvalue weighted by Gasteiger charge is 2.30. The molecule has 0 amide bonds. The number of aromatic hydroxyl groups is 1. The summed E-state index contributed by atoms with van der Waals surface area (Å²) in [6.45, 7) is 3.48. The fourth-order valence-electron chi connectivity index (χ4n) is 2.28. The molecule has 2 aromatic carbocycles. The van der Waals surface area contributed by atoms with Gasteiger partial charge in [-0.15, -0.1) is 0 Å². The van der Waals surface area contributed by atoms with E-state index in [-0.39, 0.29) is 17.0 Å². The monoisotopic (exact) mass is 389 g/mol. The van der Waals surface area contributed by atoms with Gasteiger partial charge in [-0.2, -0.15) is 0 Å². The SMILES string of the molecule is CCC(C)OC(=O)C(N=C(c1ccccc1)c1cc(Cl)ccc1O)C(=O)O. The highest BCUT2D eigenvalue weighted by atomic mass is 35.5. The van der Waals surface area contributed by atoms with Crippen molar-refractivity contribution in [3.05, 3.63) is 64.7 Å². The summed E-state index contributed by atoms with van der Waals surface area (Å²) >= 11 is 6.02. The predicted octanol–water partition coefficient (Wildman–Crippen LogP) is 3.68. The molecule has 0 saturated carbocycles. The van der Waals surface area contributed by atoms with Crippen molar-refractivity contribution in [1.82, 2.24) is 0 Å². The van der Waals surface area contributed by atoms with E-state index in [1.807, 2.05) is 6.92 Å². The average Bonchev–Trinajstić information content (AvgIpc) is 2.65. The van der Waals surface area contributed by atoms with Gasteiger partial charge in [0.2, 0.25) is 6.04 Å². The molecule has 0 bridgehead atoms. The highest BCUT2D eigenvalue weighted by molar-refractivity contribution is 6.31. The number of nitrogens with zero attached hydrogens (tertiary/aromatic N) is 1. The van der Waals surface area contributed by atoms with Crippen LogP contribution in [0.3, 0.4) is 0 Å². The smallest absolute Gasteiger partial charge is 0.342 e. The molecule has 142 valence electrons. The standard InChI is InChI=1S/C20H20ClNO5/c1-3-12(2)27-20(26)18(19(24)25)22-17(13-7-5-4-6-8-13)15-11-14(21)9-10-16(15)23/h4-12,18,23H,3H2,1-2H3,(H,24,25). The van der Waals surface area contributed by atoms with E-state index in [1.165, 1.54) is 18.2 Å². The van der Waals surface area contributed by atoms with Gasteiger partial charge in [-0.25, -0.2) is 9.59 Å². The van der Waals surface area contributed by atoms with Crippen molar-refractivity contribution in [3.63, 3.8) is 0 Å². The maximum atomic E-state index is 12.3. The second-order valence-corrected chi connectivity index (χ2v) is 6.34. The molecule has 0 aromatic heterocycles. The van der Waals surface area contributed by atoms with E-state index in [1.54, 1.807) is 37.3 Å². The zero-order chi connectivity index (χ0) is 20.0. The summed E-state index contributed by atoms with van der Waals surface area (Å²) in [6, 6.07) is 11.2. The van der Waals surface area contributed by atoms with Crippen molar-refractivity contribution in [2.24, 2.45) is 4.99 Å². The van der Waals surface area contributed by atoms with E-state index in [9.17, 15) is 19.8 Å². The van der Waals surface area contributed by atoms with E-state index in [0.717, 1.165) is 0 Å². The van der Waals surface area contributed by atoms with Crippen molar-refractivity contribution in [2.75, 3.05) is 0 Å². The molecule has 0 saturated heterocycles. The summed E-state index contributed by atoms with van der Waals surface area (Å²) in [7, 11) is 0. The van der Waals surface area contributed by atoms with Crippen LogP contribution in [0.2, 0.25) is 5.02 Å². The maximum Gasteiger partial charge on any atom is 0.342 e. The molecule has 0 aliphatic heterocycles. The molecule has 2 N–H and O–H groups in total. The lowest BCUT2D eigenvalue weighted by atomic mass is 10.0. The molecule has 0 aliphatic rings. The van der Waals surface area contributed by atoms with Crippen LogP contribution in [-0.4, -0.2) is 40.0 Å². The molecular weight excluding hydrogens is 370 g/mol. The molecule has 2 atom stereocenters. The van der Waals surface area contributed by atoms with Gasteiger partial charge in [0.05, 0.1) is 11.8 Å². The second-order valence-electron chi connectivity index (χ2n) is 5.90.